The van der Waals surface area contributed by atoms with Gasteiger partial charge in [0.25, 0.3) is 5.56 Å². The minimum Gasteiger partial charge on any atom is -0.293 e. The van der Waals surface area contributed by atoms with Crippen molar-refractivity contribution in [3.8, 4) is 0 Å². The Morgan fingerprint density at radius 2 is 2.10 bits per heavy atom. The average Bonchev–Trinajstić information content (AvgIpc) is 2.94. The second-order valence-corrected chi connectivity index (χ2v) is 6.39. The maximum Gasteiger partial charge on any atom is 0.271 e. The van der Waals surface area contributed by atoms with E-state index in [1.54, 1.807) is 10.9 Å². The topological polar surface area (TPSA) is 52.7 Å². The largest absolute Gasteiger partial charge is 0.293 e. The second-order valence-electron chi connectivity index (χ2n) is 5.51. The van der Waals surface area contributed by atoms with Gasteiger partial charge in [-0.3, -0.25) is 14.0 Å². The van der Waals surface area contributed by atoms with Gasteiger partial charge < -0.3 is 0 Å². The molecular weight excluding hydrogens is 284 g/mol. The molecule has 3 heterocycles. The highest BCUT2D eigenvalue weighted by atomic mass is 32.1. The maximum atomic E-state index is 12.6. The molecule has 1 atom stereocenters. The summed E-state index contributed by atoms with van der Waals surface area (Å²) in [6, 6.07) is 2.05. The van der Waals surface area contributed by atoms with Gasteiger partial charge in [-0.15, -0.1) is 11.3 Å². The number of hydrogen-bond acceptors (Lipinski definition) is 4. The van der Waals surface area contributed by atoms with Crippen LogP contribution in [-0.2, 0) is 6.54 Å². The Labute approximate surface area is 126 Å². The van der Waals surface area contributed by atoms with Gasteiger partial charge >= 0.3 is 0 Å². The Morgan fingerprint density at radius 3 is 2.76 bits per heavy atom. The molecule has 0 bridgehead atoms. The van der Waals surface area contributed by atoms with Gasteiger partial charge in [-0.05, 0) is 44.7 Å². The Bertz CT molecular complexity index is 858. The first-order chi connectivity index (χ1) is 9.97. The fourth-order valence-corrected chi connectivity index (χ4v) is 3.49. The highest BCUT2D eigenvalue weighted by molar-refractivity contribution is 7.17. The maximum absolute atomic E-state index is 12.6. The predicted octanol–water partition coefficient (Wildman–Crippen LogP) is 2.84. The summed E-state index contributed by atoms with van der Waals surface area (Å²) in [6.45, 7) is 8.67. The molecule has 0 saturated heterocycles. The van der Waals surface area contributed by atoms with Crippen molar-refractivity contribution in [3.63, 3.8) is 0 Å². The van der Waals surface area contributed by atoms with Crippen LogP contribution in [0, 0.1) is 20.8 Å². The van der Waals surface area contributed by atoms with Crippen LogP contribution in [0.3, 0.4) is 0 Å². The molecule has 3 rings (SSSR count). The van der Waals surface area contributed by atoms with E-state index >= 15 is 0 Å². The molecule has 0 aliphatic carbocycles. The van der Waals surface area contributed by atoms with E-state index in [1.165, 1.54) is 11.3 Å². The van der Waals surface area contributed by atoms with Crippen LogP contribution in [0.1, 0.15) is 29.9 Å². The molecule has 0 radical (unpaired) electrons. The number of rotatable bonds is 3. The zero-order valence-electron chi connectivity index (χ0n) is 12.6. The molecule has 0 aliphatic heterocycles. The fourth-order valence-electron chi connectivity index (χ4n) is 2.55. The lowest BCUT2D eigenvalue weighted by Crippen LogP contribution is -2.26. The first kappa shape index (κ1) is 14.0. The Balaban J connectivity index is 1.98. The SMILES string of the molecule is Cc1cc(C)n(CC(C)n2cnc3c(C)csc3c2=O)n1. The number of nitrogens with zero attached hydrogens (tertiary/aromatic N) is 4. The standard InChI is InChI=1S/C15H18N4OS/c1-9-7-21-14-13(9)16-8-18(15(14)20)12(4)6-19-11(3)5-10(2)17-19/h5,7-8,12H,6H2,1-4H3. The summed E-state index contributed by atoms with van der Waals surface area (Å²) < 4.78 is 4.38. The van der Waals surface area contributed by atoms with Crippen molar-refractivity contribution in [3.05, 3.63) is 45.1 Å². The summed E-state index contributed by atoms with van der Waals surface area (Å²) in [5, 5.41) is 6.44. The number of thiophene rings is 1. The molecule has 110 valence electrons. The van der Waals surface area contributed by atoms with E-state index in [9.17, 15) is 4.79 Å². The van der Waals surface area contributed by atoms with E-state index in [0.29, 0.717) is 6.54 Å². The van der Waals surface area contributed by atoms with E-state index in [1.807, 2.05) is 43.8 Å². The molecule has 3 aromatic heterocycles. The minimum atomic E-state index is 0.00908. The van der Waals surface area contributed by atoms with E-state index in [2.05, 4.69) is 10.1 Å². The van der Waals surface area contributed by atoms with Gasteiger partial charge in [0.05, 0.1) is 30.1 Å². The van der Waals surface area contributed by atoms with Gasteiger partial charge in [-0.2, -0.15) is 5.10 Å². The van der Waals surface area contributed by atoms with Crippen molar-refractivity contribution < 1.29 is 0 Å². The van der Waals surface area contributed by atoms with Gasteiger partial charge in [0.2, 0.25) is 0 Å². The number of fused-ring (bicyclic) bond motifs is 1. The number of aryl methyl sites for hydroxylation is 3. The lowest BCUT2D eigenvalue weighted by Gasteiger charge is -2.15. The third kappa shape index (κ3) is 2.40. The predicted molar refractivity (Wildman–Crippen MR) is 85.0 cm³/mol. The van der Waals surface area contributed by atoms with Gasteiger partial charge in [-0.25, -0.2) is 4.98 Å². The van der Waals surface area contributed by atoms with Crippen molar-refractivity contribution in [2.75, 3.05) is 0 Å². The van der Waals surface area contributed by atoms with E-state index in [4.69, 9.17) is 0 Å². The van der Waals surface area contributed by atoms with Gasteiger partial charge in [0.15, 0.2) is 0 Å². The summed E-state index contributed by atoms with van der Waals surface area (Å²) in [7, 11) is 0. The van der Waals surface area contributed by atoms with Gasteiger partial charge in [0.1, 0.15) is 4.70 Å². The Hall–Kier alpha value is -1.95. The van der Waals surface area contributed by atoms with Crippen LogP contribution in [0.25, 0.3) is 10.2 Å². The lowest BCUT2D eigenvalue weighted by atomic mass is 10.3. The number of hydrogen-bond donors (Lipinski definition) is 0. The molecule has 0 spiro atoms. The lowest BCUT2D eigenvalue weighted by molar-refractivity contribution is 0.419. The molecule has 21 heavy (non-hydrogen) atoms. The van der Waals surface area contributed by atoms with Crippen molar-refractivity contribution >= 4 is 21.6 Å². The van der Waals surface area contributed by atoms with Crippen LogP contribution >= 0.6 is 11.3 Å². The monoisotopic (exact) mass is 302 g/mol. The van der Waals surface area contributed by atoms with Gasteiger partial charge in [0, 0.05) is 5.69 Å². The van der Waals surface area contributed by atoms with E-state index < -0.39 is 0 Å². The van der Waals surface area contributed by atoms with Crippen LogP contribution in [0.15, 0.2) is 22.6 Å². The summed E-state index contributed by atoms with van der Waals surface area (Å²) in [6.07, 6.45) is 1.65. The van der Waals surface area contributed by atoms with Crippen molar-refractivity contribution in [1.29, 1.82) is 0 Å². The van der Waals surface area contributed by atoms with Crippen molar-refractivity contribution in [2.45, 2.75) is 40.3 Å². The summed E-state index contributed by atoms with van der Waals surface area (Å²) in [5.41, 5.74) is 4.01. The highest BCUT2D eigenvalue weighted by Crippen LogP contribution is 2.20. The van der Waals surface area contributed by atoms with Crippen LogP contribution < -0.4 is 5.56 Å². The highest BCUT2D eigenvalue weighted by Gasteiger charge is 2.14. The zero-order valence-corrected chi connectivity index (χ0v) is 13.4. The molecule has 0 saturated carbocycles. The minimum absolute atomic E-state index is 0.00908. The average molecular weight is 302 g/mol. The van der Waals surface area contributed by atoms with Crippen LogP contribution in [0.2, 0.25) is 0 Å². The van der Waals surface area contributed by atoms with E-state index in [-0.39, 0.29) is 11.6 Å². The Kier molecular flexibility index (Phi) is 3.41. The summed E-state index contributed by atoms with van der Waals surface area (Å²) in [5.74, 6) is 0. The quantitative estimate of drug-likeness (QED) is 0.747. The third-order valence-electron chi connectivity index (χ3n) is 3.70. The molecular formula is C15H18N4OS. The van der Waals surface area contributed by atoms with Gasteiger partial charge in [-0.1, -0.05) is 0 Å². The fraction of sp³-hybridized carbons (Fsp3) is 0.400. The van der Waals surface area contributed by atoms with Crippen LogP contribution in [0.4, 0.5) is 0 Å². The molecule has 0 aliphatic rings. The molecule has 0 aromatic carbocycles. The molecule has 1 unspecified atom stereocenters. The van der Waals surface area contributed by atoms with Crippen molar-refractivity contribution in [2.24, 2.45) is 0 Å². The van der Waals surface area contributed by atoms with Crippen LogP contribution in [0.5, 0.6) is 0 Å². The third-order valence-corrected chi connectivity index (χ3v) is 4.77. The summed E-state index contributed by atoms with van der Waals surface area (Å²) >= 11 is 1.47. The smallest absolute Gasteiger partial charge is 0.271 e. The zero-order chi connectivity index (χ0) is 15.1. The summed E-state index contributed by atoms with van der Waals surface area (Å²) in [4.78, 5) is 17.0. The Morgan fingerprint density at radius 1 is 1.33 bits per heavy atom. The number of aromatic nitrogens is 4. The molecule has 0 amide bonds. The normalized spacial score (nSPS) is 13.0. The van der Waals surface area contributed by atoms with E-state index in [0.717, 1.165) is 27.2 Å². The molecule has 5 nitrogen and oxygen atoms in total. The second kappa shape index (κ2) is 5.11. The molecule has 6 heteroatoms. The first-order valence-corrected chi connectivity index (χ1v) is 7.81. The molecule has 3 aromatic rings. The van der Waals surface area contributed by atoms with Crippen LogP contribution in [-0.4, -0.2) is 19.3 Å². The molecule has 0 fully saturated rings. The van der Waals surface area contributed by atoms with Crippen molar-refractivity contribution in [1.82, 2.24) is 19.3 Å². The first-order valence-electron chi connectivity index (χ1n) is 6.93. The molecule has 0 N–H and O–H groups in total.